The number of hydrogen-bond acceptors (Lipinski definition) is 4. The SMILES string of the molecule is O=C(Cn1ncc(=O)c2ccccc21)NC(CN1CCCC1)c1ccccc1. The summed E-state index contributed by atoms with van der Waals surface area (Å²) in [7, 11) is 0. The molecule has 1 unspecified atom stereocenters. The highest BCUT2D eigenvalue weighted by atomic mass is 16.2. The van der Waals surface area contributed by atoms with E-state index in [-0.39, 0.29) is 23.9 Å². The highest BCUT2D eigenvalue weighted by molar-refractivity contribution is 5.81. The number of nitrogens with zero attached hydrogens (tertiary/aromatic N) is 3. The number of carbonyl (C=O) groups excluding carboxylic acids is 1. The normalized spacial score (nSPS) is 15.6. The summed E-state index contributed by atoms with van der Waals surface area (Å²) in [6, 6.07) is 17.2. The summed E-state index contributed by atoms with van der Waals surface area (Å²) in [5, 5.41) is 7.90. The van der Waals surface area contributed by atoms with Gasteiger partial charge in [-0.2, -0.15) is 5.10 Å². The first kappa shape index (κ1) is 18.4. The lowest BCUT2D eigenvalue weighted by Crippen LogP contribution is -2.38. The molecule has 1 amide bonds. The van der Waals surface area contributed by atoms with Crippen LogP contribution in [0.25, 0.3) is 10.9 Å². The molecule has 0 saturated carbocycles. The summed E-state index contributed by atoms with van der Waals surface area (Å²) in [6.07, 6.45) is 3.69. The second-order valence-electron chi connectivity index (χ2n) is 7.22. The molecule has 2 aromatic carbocycles. The summed E-state index contributed by atoms with van der Waals surface area (Å²) in [5.41, 5.74) is 1.63. The minimum Gasteiger partial charge on any atom is -0.346 e. The van der Waals surface area contributed by atoms with E-state index in [4.69, 9.17) is 0 Å². The number of benzene rings is 2. The monoisotopic (exact) mass is 376 g/mol. The van der Waals surface area contributed by atoms with E-state index >= 15 is 0 Å². The van der Waals surface area contributed by atoms with Crippen LogP contribution >= 0.6 is 0 Å². The smallest absolute Gasteiger partial charge is 0.242 e. The fraction of sp³-hybridized carbons (Fsp3) is 0.318. The molecule has 0 spiro atoms. The van der Waals surface area contributed by atoms with E-state index in [2.05, 4.69) is 15.3 Å². The third-order valence-corrected chi connectivity index (χ3v) is 5.23. The van der Waals surface area contributed by atoms with E-state index in [0.29, 0.717) is 10.9 Å². The van der Waals surface area contributed by atoms with Gasteiger partial charge in [0.15, 0.2) is 0 Å². The Kier molecular flexibility index (Phi) is 5.48. The minimum atomic E-state index is -0.136. The standard InChI is InChI=1S/C22H24N4O2/c27-21-14-23-26(20-11-5-4-10-18(20)21)16-22(28)24-19(15-25-12-6-7-13-25)17-8-2-1-3-9-17/h1-5,8-11,14,19H,6-7,12-13,15-16H2,(H,24,28). The van der Waals surface area contributed by atoms with Crippen molar-refractivity contribution < 1.29 is 4.79 Å². The Balaban J connectivity index is 1.53. The molecule has 1 N–H and O–H groups in total. The Morgan fingerprint density at radius 3 is 2.54 bits per heavy atom. The van der Waals surface area contributed by atoms with Crippen molar-refractivity contribution in [3.63, 3.8) is 0 Å². The summed E-state index contributed by atoms with van der Waals surface area (Å²) >= 11 is 0. The van der Waals surface area contributed by atoms with E-state index in [1.54, 1.807) is 10.7 Å². The quantitative estimate of drug-likeness (QED) is 0.717. The average Bonchev–Trinajstić information content (AvgIpc) is 3.24. The van der Waals surface area contributed by atoms with Crippen molar-refractivity contribution in [3.8, 4) is 0 Å². The van der Waals surface area contributed by atoms with Crippen LogP contribution in [0.15, 0.2) is 65.6 Å². The van der Waals surface area contributed by atoms with Gasteiger partial charge in [-0.3, -0.25) is 14.3 Å². The molecule has 3 aromatic rings. The van der Waals surface area contributed by atoms with Gasteiger partial charge >= 0.3 is 0 Å². The number of aromatic nitrogens is 2. The largest absolute Gasteiger partial charge is 0.346 e. The molecular weight excluding hydrogens is 352 g/mol. The van der Waals surface area contributed by atoms with E-state index < -0.39 is 0 Å². The zero-order chi connectivity index (χ0) is 19.3. The molecule has 28 heavy (non-hydrogen) atoms. The van der Waals surface area contributed by atoms with Crippen molar-refractivity contribution >= 4 is 16.8 Å². The molecule has 1 atom stereocenters. The van der Waals surface area contributed by atoms with Crippen molar-refractivity contribution in [2.24, 2.45) is 0 Å². The van der Waals surface area contributed by atoms with Gasteiger partial charge in [-0.25, -0.2) is 0 Å². The van der Waals surface area contributed by atoms with Crippen LogP contribution in [-0.4, -0.2) is 40.2 Å². The second kappa shape index (κ2) is 8.35. The molecule has 6 nitrogen and oxygen atoms in total. The molecule has 1 aliphatic heterocycles. The lowest BCUT2D eigenvalue weighted by atomic mass is 10.1. The number of amides is 1. The van der Waals surface area contributed by atoms with Crippen molar-refractivity contribution in [3.05, 3.63) is 76.6 Å². The van der Waals surface area contributed by atoms with Crippen LogP contribution in [0.1, 0.15) is 24.4 Å². The highest BCUT2D eigenvalue weighted by Crippen LogP contribution is 2.18. The predicted octanol–water partition coefficient (Wildman–Crippen LogP) is 2.35. The van der Waals surface area contributed by atoms with Gasteiger partial charge in [0, 0.05) is 11.9 Å². The second-order valence-corrected chi connectivity index (χ2v) is 7.22. The molecule has 0 radical (unpaired) electrons. The van der Waals surface area contributed by atoms with Gasteiger partial charge in [-0.15, -0.1) is 0 Å². The first-order valence-corrected chi connectivity index (χ1v) is 9.72. The van der Waals surface area contributed by atoms with Gasteiger partial charge < -0.3 is 10.2 Å². The maximum atomic E-state index is 12.8. The maximum absolute atomic E-state index is 12.8. The molecule has 144 valence electrons. The van der Waals surface area contributed by atoms with Crippen LogP contribution in [-0.2, 0) is 11.3 Å². The summed E-state index contributed by atoms with van der Waals surface area (Å²) < 4.78 is 1.59. The molecule has 6 heteroatoms. The molecule has 0 bridgehead atoms. The fourth-order valence-electron chi connectivity index (χ4n) is 3.81. The Hall–Kier alpha value is -2.99. The molecule has 4 rings (SSSR count). The van der Waals surface area contributed by atoms with Crippen LogP contribution in [0.3, 0.4) is 0 Å². The average molecular weight is 376 g/mol. The molecule has 2 heterocycles. The molecule has 1 saturated heterocycles. The highest BCUT2D eigenvalue weighted by Gasteiger charge is 2.21. The van der Waals surface area contributed by atoms with Crippen molar-refractivity contribution in [2.45, 2.75) is 25.4 Å². The number of fused-ring (bicyclic) bond motifs is 1. The van der Waals surface area contributed by atoms with E-state index in [1.165, 1.54) is 19.0 Å². The van der Waals surface area contributed by atoms with Gasteiger partial charge in [0.2, 0.25) is 11.3 Å². The third-order valence-electron chi connectivity index (χ3n) is 5.23. The fourth-order valence-corrected chi connectivity index (χ4v) is 3.81. The number of para-hydroxylation sites is 1. The first-order valence-electron chi connectivity index (χ1n) is 9.72. The topological polar surface area (TPSA) is 67.2 Å². The molecule has 0 aliphatic carbocycles. The van der Waals surface area contributed by atoms with Crippen LogP contribution in [0, 0.1) is 0 Å². The summed E-state index contributed by atoms with van der Waals surface area (Å²) in [4.78, 5) is 27.2. The number of likely N-dealkylation sites (tertiary alicyclic amines) is 1. The van der Waals surface area contributed by atoms with Gasteiger partial charge in [-0.1, -0.05) is 42.5 Å². The van der Waals surface area contributed by atoms with Gasteiger partial charge in [0.1, 0.15) is 6.54 Å². The lowest BCUT2D eigenvalue weighted by Gasteiger charge is -2.25. The van der Waals surface area contributed by atoms with Gasteiger partial charge in [-0.05, 0) is 43.6 Å². The minimum absolute atomic E-state index is 0.0718. The number of hydrogen-bond donors (Lipinski definition) is 1. The number of nitrogens with one attached hydrogen (secondary N) is 1. The third kappa shape index (κ3) is 4.12. The molecule has 1 aromatic heterocycles. The van der Waals surface area contributed by atoms with Crippen molar-refractivity contribution in [1.29, 1.82) is 0 Å². The molecule has 1 aliphatic rings. The van der Waals surface area contributed by atoms with E-state index in [9.17, 15) is 9.59 Å². The van der Waals surface area contributed by atoms with Gasteiger partial charge in [0.25, 0.3) is 0 Å². The van der Waals surface area contributed by atoms with Crippen LogP contribution in [0.2, 0.25) is 0 Å². The Labute approximate surface area is 163 Å². The van der Waals surface area contributed by atoms with Gasteiger partial charge in [0.05, 0.1) is 17.8 Å². The summed E-state index contributed by atoms with van der Waals surface area (Å²) in [5.74, 6) is -0.116. The maximum Gasteiger partial charge on any atom is 0.242 e. The van der Waals surface area contributed by atoms with E-state index in [1.807, 2.05) is 48.5 Å². The van der Waals surface area contributed by atoms with Crippen LogP contribution < -0.4 is 10.7 Å². The Morgan fingerprint density at radius 1 is 1.04 bits per heavy atom. The summed E-state index contributed by atoms with van der Waals surface area (Å²) in [6.45, 7) is 3.02. The first-order chi connectivity index (χ1) is 13.7. The van der Waals surface area contributed by atoms with Crippen molar-refractivity contribution in [2.75, 3.05) is 19.6 Å². The Morgan fingerprint density at radius 2 is 1.75 bits per heavy atom. The van der Waals surface area contributed by atoms with Crippen LogP contribution in [0.4, 0.5) is 0 Å². The van der Waals surface area contributed by atoms with Crippen LogP contribution in [0.5, 0.6) is 0 Å². The van der Waals surface area contributed by atoms with Crippen molar-refractivity contribution in [1.82, 2.24) is 20.0 Å². The zero-order valence-electron chi connectivity index (χ0n) is 15.8. The predicted molar refractivity (Wildman–Crippen MR) is 109 cm³/mol. The Bertz CT molecular complexity index is 1010. The molecule has 1 fully saturated rings. The lowest BCUT2D eigenvalue weighted by molar-refractivity contribution is -0.122. The zero-order valence-corrected chi connectivity index (χ0v) is 15.8. The number of rotatable bonds is 6. The van der Waals surface area contributed by atoms with E-state index in [0.717, 1.165) is 25.2 Å². The molecular formula is C22H24N4O2. The number of carbonyl (C=O) groups is 1.